The Kier molecular flexibility index (Phi) is 6.88. The molecule has 3 N–H and O–H groups in total. The van der Waals surface area contributed by atoms with Crippen molar-refractivity contribution in [3.8, 4) is 5.69 Å². The summed E-state index contributed by atoms with van der Waals surface area (Å²) >= 11 is 0. The van der Waals surface area contributed by atoms with Gasteiger partial charge < -0.3 is 10.5 Å². The summed E-state index contributed by atoms with van der Waals surface area (Å²) in [6.07, 6.45) is 2.20. The van der Waals surface area contributed by atoms with E-state index in [2.05, 4.69) is 10.1 Å². The fourth-order valence-corrected chi connectivity index (χ4v) is 4.41. The highest BCUT2D eigenvalue weighted by molar-refractivity contribution is 6.07. The molecule has 0 saturated carbocycles. The Morgan fingerprint density at radius 3 is 2.63 bits per heavy atom. The zero-order valence-electron chi connectivity index (χ0n) is 20.0. The number of ether oxygens (including phenoxy) is 1. The highest BCUT2D eigenvalue weighted by atomic mass is 19.1. The van der Waals surface area contributed by atoms with Gasteiger partial charge in [0.25, 0.3) is 11.5 Å². The standard InChI is InChI=1S/C24H29FN6O4/c1-14(2)13-30-21(26)20(22(32)27-24(30)34)29(11-12-35-3)23(33)19-17-5-4-6-18(17)31(28-19)16-9-7-15(25)8-10-16/h7-10,14H,4-6,11-13,26H2,1-3H3,(H,27,32,34). The lowest BCUT2D eigenvalue weighted by Gasteiger charge is -2.24. The number of aromatic nitrogens is 4. The molecule has 0 bridgehead atoms. The van der Waals surface area contributed by atoms with Crippen LogP contribution >= 0.6 is 0 Å². The molecule has 0 atom stereocenters. The molecule has 2 aromatic heterocycles. The van der Waals surface area contributed by atoms with Crippen molar-refractivity contribution in [3.63, 3.8) is 0 Å². The van der Waals surface area contributed by atoms with Gasteiger partial charge in [0.1, 0.15) is 11.6 Å². The smallest absolute Gasteiger partial charge is 0.330 e. The van der Waals surface area contributed by atoms with Gasteiger partial charge in [0, 0.05) is 31.5 Å². The fraction of sp³-hybridized carbons (Fsp3) is 0.417. The number of nitrogens with one attached hydrogen (secondary N) is 1. The van der Waals surface area contributed by atoms with Crippen LogP contribution in [0.25, 0.3) is 5.69 Å². The first-order chi connectivity index (χ1) is 16.7. The maximum atomic E-state index is 13.9. The van der Waals surface area contributed by atoms with Gasteiger partial charge in [-0.1, -0.05) is 13.8 Å². The first-order valence-electron chi connectivity index (χ1n) is 11.5. The summed E-state index contributed by atoms with van der Waals surface area (Å²) in [6, 6.07) is 5.87. The van der Waals surface area contributed by atoms with Gasteiger partial charge in [0.2, 0.25) is 0 Å². The Balaban J connectivity index is 1.84. The SMILES string of the molecule is COCCN(C(=O)c1nn(-c2ccc(F)cc2)c2c1CCC2)c1c(N)n(CC(C)C)c(=O)[nH]c1=O. The number of methoxy groups -OCH3 is 1. The van der Waals surface area contributed by atoms with Crippen molar-refractivity contribution in [3.05, 3.63) is 67.9 Å². The summed E-state index contributed by atoms with van der Waals surface area (Å²) < 4.78 is 21.6. The van der Waals surface area contributed by atoms with Crippen LogP contribution in [0, 0.1) is 11.7 Å². The molecule has 2 heterocycles. The first kappa shape index (κ1) is 24.4. The van der Waals surface area contributed by atoms with Crippen LogP contribution in [-0.2, 0) is 24.1 Å². The molecule has 0 aliphatic heterocycles. The minimum Gasteiger partial charge on any atom is -0.383 e. The third-order valence-corrected chi connectivity index (χ3v) is 6.00. The average molecular weight is 485 g/mol. The molecule has 10 nitrogen and oxygen atoms in total. The molecule has 0 radical (unpaired) electrons. The molecule has 1 amide bonds. The number of aromatic amines is 1. The molecule has 1 aliphatic rings. The molecule has 1 aromatic carbocycles. The molecule has 0 saturated heterocycles. The predicted octanol–water partition coefficient (Wildman–Crippen LogP) is 1.88. The molecular weight excluding hydrogens is 455 g/mol. The van der Waals surface area contributed by atoms with Crippen LogP contribution in [0.3, 0.4) is 0 Å². The number of rotatable bonds is 8. The summed E-state index contributed by atoms with van der Waals surface area (Å²) in [5.41, 5.74) is 7.27. The summed E-state index contributed by atoms with van der Waals surface area (Å²) in [5.74, 6) is -0.906. The Labute approximate surface area is 201 Å². The zero-order chi connectivity index (χ0) is 25.3. The van der Waals surface area contributed by atoms with E-state index in [9.17, 15) is 18.8 Å². The molecule has 11 heteroatoms. The van der Waals surface area contributed by atoms with Crippen LogP contribution < -0.4 is 21.9 Å². The number of hydrogen-bond acceptors (Lipinski definition) is 6. The molecule has 1 aliphatic carbocycles. The van der Waals surface area contributed by atoms with Crippen molar-refractivity contribution < 1.29 is 13.9 Å². The third kappa shape index (κ3) is 4.63. The largest absolute Gasteiger partial charge is 0.383 e. The van der Waals surface area contributed by atoms with Gasteiger partial charge in [0.15, 0.2) is 11.4 Å². The van der Waals surface area contributed by atoms with Crippen molar-refractivity contribution in [2.45, 2.75) is 39.7 Å². The lowest BCUT2D eigenvalue weighted by atomic mass is 10.1. The molecular formula is C24H29FN6O4. The lowest BCUT2D eigenvalue weighted by molar-refractivity contribution is 0.0969. The number of benzene rings is 1. The number of fused-ring (bicyclic) bond motifs is 1. The average Bonchev–Trinajstić information content (AvgIpc) is 3.42. The fourth-order valence-electron chi connectivity index (χ4n) is 4.41. The van der Waals surface area contributed by atoms with E-state index in [0.717, 1.165) is 17.7 Å². The number of nitrogen functional groups attached to an aromatic ring is 1. The predicted molar refractivity (Wildman–Crippen MR) is 130 cm³/mol. The van der Waals surface area contributed by atoms with E-state index < -0.39 is 17.2 Å². The number of halogens is 1. The van der Waals surface area contributed by atoms with Crippen molar-refractivity contribution in [1.82, 2.24) is 19.3 Å². The summed E-state index contributed by atoms with van der Waals surface area (Å²) in [4.78, 5) is 42.7. The number of nitrogens with two attached hydrogens (primary N) is 1. The van der Waals surface area contributed by atoms with E-state index in [0.29, 0.717) is 18.5 Å². The van der Waals surface area contributed by atoms with Crippen LogP contribution in [0.4, 0.5) is 15.9 Å². The minimum absolute atomic E-state index is 0.0284. The van der Waals surface area contributed by atoms with E-state index in [1.165, 1.54) is 28.7 Å². The number of carbonyl (C=O) groups is 1. The van der Waals surface area contributed by atoms with Crippen molar-refractivity contribution in [2.24, 2.45) is 5.92 Å². The van der Waals surface area contributed by atoms with Gasteiger partial charge in [-0.15, -0.1) is 0 Å². The Morgan fingerprint density at radius 2 is 1.97 bits per heavy atom. The monoisotopic (exact) mass is 484 g/mol. The molecule has 186 valence electrons. The maximum Gasteiger partial charge on any atom is 0.330 e. The second-order valence-electron chi connectivity index (χ2n) is 8.96. The molecule has 0 fully saturated rings. The van der Waals surface area contributed by atoms with Gasteiger partial charge in [-0.05, 0) is 49.4 Å². The number of nitrogens with zero attached hydrogens (tertiary/aromatic N) is 4. The van der Waals surface area contributed by atoms with Gasteiger partial charge in [-0.2, -0.15) is 5.10 Å². The second-order valence-corrected chi connectivity index (χ2v) is 8.96. The summed E-state index contributed by atoms with van der Waals surface area (Å²) in [7, 11) is 1.48. The number of hydrogen-bond donors (Lipinski definition) is 2. The maximum absolute atomic E-state index is 13.9. The van der Waals surface area contributed by atoms with Crippen molar-refractivity contribution in [2.75, 3.05) is 30.9 Å². The van der Waals surface area contributed by atoms with E-state index in [1.54, 1.807) is 16.8 Å². The molecule has 0 unspecified atom stereocenters. The van der Waals surface area contributed by atoms with Crippen LogP contribution in [0.15, 0.2) is 33.9 Å². The van der Waals surface area contributed by atoms with Gasteiger partial charge in [-0.25, -0.2) is 13.9 Å². The highest BCUT2D eigenvalue weighted by Crippen LogP contribution is 2.30. The number of carbonyl (C=O) groups excluding carboxylic acids is 1. The Hall–Kier alpha value is -3.73. The number of amides is 1. The first-order valence-corrected chi connectivity index (χ1v) is 11.5. The Morgan fingerprint density at radius 1 is 1.26 bits per heavy atom. The summed E-state index contributed by atoms with van der Waals surface area (Å²) in [6.45, 7) is 4.26. The third-order valence-electron chi connectivity index (χ3n) is 6.00. The second kappa shape index (κ2) is 9.87. The normalized spacial score (nSPS) is 12.8. The Bertz CT molecular complexity index is 1360. The van der Waals surface area contributed by atoms with Crippen LogP contribution in [0.1, 0.15) is 42.0 Å². The van der Waals surface area contributed by atoms with E-state index in [4.69, 9.17) is 10.5 Å². The number of anilines is 2. The van der Waals surface area contributed by atoms with E-state index in [1.807, 2.05) is 13.8 Å². The molecule has 4 rings (SSSR count). The molecule has 0 spiro atoms. The van der Waals surface area contributed by atoms with Crippen LogP contribution in [0.2, 0.25) is 0 Å². The van der Waals surface area contributed by atoms with E-state index >= 15 is 0 Å². The summed E-state index contributed by atoms with van der Waals surface area (Å²) in [5, 5.41) is 4.57. The van der Waals surface area contributed by atoms with Gasteiger partial charge in [0.05, 0.1) is 12.3 Å². The topological polar surface area (TPSA) is 128 Å². The quantitative estimate of drug-likeness (QED) is 0.502. The molecule has 3 aromatic rings. The number of H-pyrrole nitrogens is 1. The minimum atomic E-state index is -0.758. The van der Waals surface area contributed by atoms with Crippen molar-refractivity contribution >= 4 is 17.4 Å². The van der Waals surface area contributed by atoms with Crippen LogP contribution in [0.5, 0.6) is 0 Å². The van der Waals surface area contributed by atoms with E-state index in [-0.39, 0.29) is 48.6 Å². The van der Waals surface area contributed by atoms with Gasteiger partial charge >= 0.3 is 5.69 Å². The highest BCUT2D eigenvalue weighted by Gasteiger charge is 2.32. The van der Waals surface area contributed by atoms with Gasteiger partial charge in [-0.3, -0.25) is 24.0 Å². The lowest BCUT2D eigenvalue weighted by Crippen LogP contribution is -2.43. The molecule has 35 heavy (non-hydrogen) atoms. The zero-order valence-corrected chi connectivity index (χ0v) is 20.0. The van der Waals surface area contributed by atoms with Crippen LogP contribution in [-0.4, -0.2) is 45.5 Å². The van der Waals surface area contributed by atoms with Crippen molar-refractivity contribution in [1.29, 1.82) is 0 Å².